The second-order valence-corrected chi connectivity index (χ2v) is 4.29. The molecule has 20 heavy (non-hydrogen) atoms. The Kier molecular flexibility index (Phi) is 4.67. The largest absolute Gasteiger partial charge is 0.377 e. The molecule has 0 saturated heterocycles. The van der Waals surface area contributed by atoms with Gasteiger partial charge in [0.25, 0.3) is 0 Å². The first kappa shape index (κ1) is 14.4. The monoisotopic (exact) mass is 297 g/mol. The minimum Gasteiger partial charge on any atom is -0.377 e. The van der Waals surface area contributed by atoms with Crippen LogP contribution in [0.3, 0.4) is 0 Å². The van der Waals surface area contributed by atoms with Crippen LogP contribution >= 0.6 is 11.6 Å². The fourth-order valence-corrected chi connectivity index (χ4v) is 1.77. The van der Waals surface area contributed by atoms with Crippen molar-refractivity contribution in [2.24, 2.45) is 5.84 Å². The van der Waals surface area contributed by atoms with Crippen molar-refractivity contribution in [2.75, 3.05) is 17.9 Å². The maximum Gasteiger partial charge on any atom is 0.158 e. The number of hydrogen-bond acceptors (Lipinski definition) is 6. The summed E-state index contributed by atoms with van der Waals surface area (Å²) in [5.41, 5.74) is 2.96. The summed E-state index contributed by atoms with van der Waals surface area (Å²) in [6, 6.07) is 5.63. The summed E-state index contributed by atoms with van der Waals surface area (Å²) < 4.78 is 18.0. The lowest BCUT2D eigenvalue weighted by atomic mass is 10.3. The van der Waals surface area contributed by atoms with Crippen molar-refractivity contribution < 1.29 is 9.13 Å². The number of halogens is 2. The number of ether oxygens (including phenoxy) is 1. The van der Waals surface area contributed by atoms with Gasteiger partial charge in [-0.1, -0.05) is 11.6 Å². The van der Waals surface area contributed by atoms with Gasteiger partial charge >= 0.3 is 0 Å². The number of nitrogens with one attached hydrogen (secondary N) is 2. The third-order valence-electron chi connectivity index (χ3n) is 2.39. The number of anilines is 3. The molecule has 4 N–H and O–H groups in total. The van der Waals surface area contributed by atoms with Crippen LogP contribution in [-0.4, -0.2) is 17.1 Å². The molecule has 106 valence electrons. The van der Waals surface area contributed by atoms with Crippen LogP contribution in [0, 0.1) is 5.82 Å². The van der Waals surface area contributed by atoms with Crippen LogP contribution in [0.4, 0.5) is 21.7 Å². The molecule has 0 bridgehead atoms. The number of nitrogens with two attached hydrogens (primary N) is 1. The molecule has 0 aliphatic carbocycles. The summed E-state index contributed by atoms with van der Waals surface area (Å²) in [6.07, 6.45) is 0. The molecule has 2 rings (SSSR count). The molecule has 0 aliphatic rings. The minimum absolute atomic E-state index is 0.237. The highest BCUT2D eigenvalue weighted by Gasteiger charge is 2.07. The Balaban J connectivity index is 2.29. The normalized spacial score (nSPS) is 10.4. The van der Waals surface area contributed by atoms with Gasteiger partial charge in [0.05, 0.1) is 10.7 Å². The van der Waals surface area contributed by atoms with E-state index in [4.69, 9.17) is 22.2 Å². The van der Waals surface area contributed by atoms with Gasteiger partial charge in [0, 0.05) is 13.2 Å². The number of methoxy groups -OCH3 is 1. The molecule has 0 unspecified atom stereocenters. The number of rotatable bonds is 5. The molecule has 0 fully saturated rings. The lowest BCUT2D eigenvalue weighted by Gasteiger charge is -2.10. The zero-order valence-corrected chi connectivity index (χ0v) is 11.4. The lowest BCUT2D eigenvalue weighted by Crippen LogP contribution is -2.12. The standard InChI is InChI=1S/C12H13ClFN5O/c1-20-6-12-17-10(5-11(18-12)19-15)16-9-3-2-7(14)4-8(9)13/h2-5H,6,15H2,1H3,(H2,16,17,18,19). The zero-order chi connectivity index (χ0) is 14.5. The minimum atomic E-state index is -0.410. The van der Waals surface area contributed by atoms with E-state index in [0.29, 0.717) is 23.1 Å². The van der Waals surface area contributed by atoms with E-state index in [-0.39, 0.29) is 11.6 Å². The van der Waals surface area contributed by atoms with Gasteiger partial charge in [0.2, 0.25) is 0 Å². The molecule has 2 aromatic rings. The maximum atomic E-state index is 13.0. The molecule has 0 aliphatic heterocycles. The highest BCUT2D eigenvalue weighted by molar-refractivity contribution is 6.33. The van der Waals surface area contributed by atoms with E-state index >= 15 is 0 Å². The van der Waals surface area contributed by atoms with Crippen molar-refractivity contribution in [2.45, 2.75) is 6.61 Å². The number of nitrogen functional groups attached to an aromatic ring is 1. The Labute approximate surface area is 120 Å². The first-order valence-corrected chi connectivity index (χ1v) is 6.05. The van der Waals surface area contributed by atoms with Crippen LogP contribution in [0.25, 0.3) is 0 Å². The van der Waals surface area contributed by atoms with E-state index in [1.807, 2.05) is 0 Å². The van der Waals surface area contributed by atoms with Gasteiger partial charge in [-0.25, -0.2) is 20.2 Å². The molecule has 1 aromatic heterocycles. The summed E-state index contributed by atoms with van der Waals surface area (Å²) in [7, 11) is 1.54. The van der Waals surface area contributed by atoms with Gasteiger partial charge < -0.3 is 15.5 Å². The van der Waals surface area contributed by atoms with Gasteiger partial charge in [0.15, 0.2) is 5.82 Å². The van der Waals surface area contributed by atoms with E-state index < -0.39 is 5.82 Å². The smallest absolute Gasteiger partial charge is 0.158 e. The van der Waals surface area contributed by atoms with Crippen LogP contribution in [0.2, 0.25) is 5.02 Å². The second-order valence-electron chi connectivity index (χ2n) is 3.88. The Morgan fingerprint density at radius 2 is 2.05 bits per heavy atom. The Hall–Kier alpha value is -1.96. The number of benzene rings is 1. The Morgan fingerprint density at radius 1 is 1.30 bits per heavy atom. The third kappa shape index (κ3) is 3.53. The molecule has 0 spiro atoms. The highest BCUT2D eigenvalue weighted by atomic mass is 35.5. The Morgan fingerprint density at radius 3 is 2.70 bits per heavy atom. The molecular formula is C12H13ClFN5O. The molecule has 1 heterocycles. The molecule has 6 nitrogen and oxygen atoms in total. The van der Waals surface area contributed by atoms with Crippen LogP contribution in [0.5, 0.6) is 0 Å². The molecule has 0 saturated carbocycles. The fraction of sp³-hybridized carbons (Fsp3) is 0.167. The van der Waals surface area contributed by atoms with Gasteiger partial charge in [-0.15, -0.1) is 0 Å². The van der Waals surface area contributed by atoms with Crippen molar-refractivity contribution in [1.82, 2.24) is 9.97 Å². The van der Waals surface area contributed by atoms with Crippen LogP contribution in [0.1, 0.15) is 5.82 Å². The van der Waals surface area contributed by atoms with Crippen molar-refractivity contribution in [1.29, 1.82) is 0 Å². The fourth-order valence-electron chi connectivity index (χ4n) is 1.56. The van der Waals surface area contributed by atoms with Gasteiger partial charge in [-0.05, 0) is 18.2 Å². The van der Waals surface area contributed by atoms with E-state index in [1.54, 1.807) is 6.07 Å². The number of nitrogens with zero attached hydrogens (tertiary/aromatic N) is 2. The lowest BCUT2D eigenvalue weighted by molar-refractivity contribution is 0.178. The zero-order valence-electron chi connectivity index (χ0n) is 10.7. The molecule has 0 radical (unpaired) electrons. The predicted octanol–water partition coefficient (Wildman–Crippen LogP) is 2.44. The summed E-state index contributed by atoms with van der Waals surface area (Å²) >= 11 is 5.94. The summed E-state index contributed by atoms with van der Waals surface area (Å²) in [5.74, 6) is 6.27. The molecule has 8 heteroatoms. The number of hydrazine groups is 1. The summed E-state index contributed by atoms with van der Waals surface area (Å²) in [4.78, 5) is 8.35. The topological polar surface area (TPSA) is 85.1 Å². The van der Waals surface area contributed by atoms with E-state index in [0.717, 1.165) is 0 Å². The first-order chi connectivity index (χ1) is 9.62. The van der Waals surface area contributed by atoms with Gasteiger partial charge in [-0.2, -0.15) is 0 Å². The van der Waals surface area contributed by atoms with Gasteiger partial charge in [-0.3, -0.25) is 0 Å². The molecule has 1 aromatic carbocycles. The van der Waals surface area contributed by atoms with E-state index in [2.05, 4.69) is 20.7 Å². The Bertz CT molecular complexity index is 610. The van der Waals surface area contributed by atoms with E-state index in [9.17, 15) is 4.39 Å². The molecule has 0 amide bonds. The first-order valence-electron chi connectivity index (χ1n) is 5.68. The predicted molar refractivity (Wildman–Crippen MR) is 75.2 cm³/mol. The van der Waals surface area contributed by atoms with Crippen molar-refractivity contribution >= 4 is 28.9 Å². The average molecular weight is 298 g/mol. The van der Waals surface area contributed by atoms with Crippen LogP contribution < -0.4 is 16.6 Å². The highest BCUT2D eigenvalue weighted by Crippen LogP contribution is 2.26. The average Bonchev–Trinajstić information content (AvgIpc) is 2.42. The number of aromatic nitrogens is 2. The molecular weight excluding hydrogens is 285 g/mol. The summed E-state index contributed by atoms with van der Waals surface area (Å²) in [5, 5.41) is 3.22. The maximum absolute atomic E-state index is 13.0. The number of hydrogen-bond donors (Lipinski definition) is 3. The van der Waals surface area contributed by atoms with Crippen molar-refractivity contribution in [3.63, 3.8) is 0 Å². The quantitative estimate of drug-likeness (QED) is 0.580. The van der Waals surface area contributed by atoms with Crippen molar-refractivity contribution in [3.05, 3.63) is 40.9 Å². The second kappa shape index (κ2) is 6.47. The van der Waals surface area contributed by atoms with Crippen molar-refractivity contribution in [3.8, 4) is 0 Å². The van der Waals surface area contributed by atoms with E-state index in [1.165, 1.54) is 25.3 Å². The molecule has 0 atom stereocenters. The van der Waals surface area contributed by atoms with Crippen LogP contribution in [0.15, 0.2) is 24.3 Å². The summed E-state index contributed by atoms with van der Waals surface area (Å²) in [6.45, 7) is 0.237. The SMILES string of the molecule is COCc1nc(NN)cc(Nc2ccc(F)cc2Cl)n1. The van der Waals surface area contributed by atoms with Gasteiger partial charge in [0.1, 0.15) is 24.1 Å². The third-order valence-corrected chi connectivity index (χ3v) is 2.70. The van der Waals surface area contributed by atoms with Crippen LogP contribution in [-0.2, 0) is 11.3 Å².